The van der Waals surface area contributed by atoms with Gasteiger partial charge in [0.15, 0.2) is 11.6 Å². The number of carboxylic acid groups (broad SMARTS) is 1. The van der Waals surface area contributed by atoms with Gasteiger partial charge in [-0.1, -0.05) is 20.8 Å². The molecule has 0 saturated carbocycles. The fourth-order valence-corrected chi connectivity index (χ4v) is 3.94. The molecule has 0 radical (unpaired) electrons. The zero-order chi connectivity index (χ0) is 21.0. The first-order chi connectivity index (χ1) is 12.9. The number of hydrogen-bond acceptors (Lipinski definition) is 3. The van der Waals surface area contributed by atoms with Gasteiger partial charge >= 0.3 is 6.09 Å². The quantitative estimate of drug-likeness (QED) is 0.559. The van der Waals surface area contributed by atoms with E-state index in [4.69, 9.17) is 0 Å². The third-order valence-electron chi connectivity index (χ3n) is 4.30. The van der Waals surface area contributed by atoms with Crippen LogP contribution in [0.25, 0.3) is 21.9 Å². The minimum Gasteiger partial charge on any atom is -0.465 e. The Labute approximate surface area is 169 Å². The lowest BCUT2D eigenvalue weighted by Gasteiger charge is -2.28. The summed E-state index contributed by atoms with van der Waals surface area (Å²) in [7, 11) is 3.55. The Morgan fingerprint density at radius 1 is 1.29 bits per heavy atom. The zero-order valence-corrected chi connectivity index (χ0v) is 17.8. The first-order valence-corrected chi connectivity index (χ1v) is 9.37. The summed E-state index contributed by atoms with van der Waals surface area (Å²) in [5, 5.41) is 10.1. The normalized spacial score (nSPS) is 12.0. The standard InChI is InChI=1S/C19H21BrF2N4O2/c1-19(2,3)8-26(18(27)28)11-6-10(21)14(22)12-13-16(25(4)5)9(20)7-23-17(13)24-15(11)12/h6-7H,8H2,1-5H3,(H,23,24)(H,27,28). The van der Waals surface area contributed by atoms with Crippen molar-refractivity contribution in [2.45, 2.75) is 20.8 Å². The molecule has 2 heterocycles. The summed E-state index contributed by atoms with van der Waals surface area (Å²) in [5.41, 5.74) is 0.806. The number of halogens is 3. The molecule has 0 bridgehead atoms. The van der Waals surface area contributed by atoms with Crippen LogP contribution in [0.3, 0.4) is 0 Å². The Morgan fingerprint density at radius 2 is 1.93 bits per heavy atom. The second kappa shape index (κ2) is 6.88. The molecule has 0 aliphatic rings. The number of carbonyl (C=O) groups is 1. The van der Waals surface area contributed by atoms with Crippen molar-refractivity contribution in [1.82, 2.24) is 9.97 Å². The average Bonchev–Trinajstić information content (AvgIpc) is 2.94. The molecule has 6 nitrogen and oxygen atoms in total. The van der Waals surface area contributed by atoms with Crippen LogP contribution in [0.4, 0.5) is 25.0 Å². The van der Waals surface area contributed by atoms with Crippen LogP contribution >= 0.6 is 15.9 Å². The first kappa shape index (κ1) is 20.3. The van der Waals surface area contributed by atoms with Crippen LogP contribution in [0.2, 0.25) is 0 Å². The average molecular weight is 455 g/mol. The van der Waals surface area contributed by atoms with E-state index in [2.05, 4.69) is 25.9 Å². The zero-order valence-electron chi connectivity index (χ0n) is 16.2. The van der Waals surface area contributed by atoms with Gasteiger partial charge in [0.2, 0.25) is 0 Å². The molecule has 2 aromatic heterocycles. The molecule has 0 unspecified atom stereocenters. The van der Waals surface area contributed by atoms with Crippen molar-refractivity contribution < 1.29 is 18.7 Å². The number of aromatic nitrogens is 2. The van der Waals surface area contributed by atoms with Crippen molar-refractivity contribution >= 4 is 55.3 Å². The van der Waals surface area contributed by atoms with E-state index in [1.807, 2.05) is 20.8 Å². The number of amides is 1. The lowest BCUT2D eigenvalue weighted by molar-refractivity contribution is 0.198. The van der Waals surface area contributed by atoms with Gasteiger partial charge in [-0.15, -0.1) is 0 Å². The molecular weight excluding hydrogens is 434 g/mol. The fraction of sp³-hybridized carbons (Fsp3) is 0.368. The molecule has 150 valence electrons. The summed E-state index contributed by atoms with van der Waals surface area (Å²) in [5.74, 6) is -2.16. The fourth-order valence-electron chi connectivity index (χ4n) is 3.28. The minimum atomic E-state index is -1.25. The van der Waals surface area contributed by atoms with Crippen LogP contribution in [-0.4, -0.2) is 41.8 Å². The number of pyridine rings is 1. The van der Waals surface area contributed by atoms with Gasteiger partial charge in [-0.05, 0) is 21.3 Å². The summed E-state index contributed by atoms with van der Waals surface area (Å²) in [6.45, 7) is 5.71. The van der Waals surface area contributed by atoms with Crippen molar-refractivity contribution in [2.24, 2.45) is 5.41 Å². The summed E-state index contributed by atoms with van der Waals surface area (Å²) in [6, 6.07) is 0.914. The van der Waals surface area contributed by atoms with Crippen LogP contribution in [0.15, 0.2) is 16.7 Å². The Kier molecular flexibility index (Phi) is 4.99. The number of hydrogen-bond donors (Lipinski definition) is 2. The SMILES string of the molecule is CN(C)c1c(Br)cnc2[nH]c3c(N(CC(C)(C)C)C(=O)O)cc(F)c(F)c3c12. The van der Waals surface area contributed by atoms with Gasteiger partial charge in [0.1, 0.15) is 5.65 Å². The largest absolute Gasteiger partial charge is 0.465 e. The minimum absolute atomic E-state index is 0.0253. The topological polar surface area (TPSA) is 72.5 Å². The van der Waals surface area contributed by atoms with E-state index in [9.17, 15) is 18.7 Å². The number of aromatic amines is 1. The Balaban J connectivity index is 2.46. The van der Waals surface area contributed by atoms with Crippen LogP contribution in [0.5, 0.6) is 0 Å². The second-order valence-corrected chi connectivity index (χ2v) is 8.92. The number of benzene rings is 1. The van der Waals surface area contributed by atoms with Crippen molar-refractivity contribution in [2.75, 3.05) is 30.4 Å². The van der Waals surface area contributed by atoms with Gasteiger partial charge in [-0.2, -0.15) is 0 Å². The van der Waals surface area contributed by atoms with Crippen molar-refractivity contribution in [3.63, 3.8) is 0 Å². The molecule has 28 heavy (non-hydrogen) atoms. The highest BCUT2D eigenvalue weighted by molar-refractivity contribution is 9.10. The molecule has 0 aliphatic carbocycles. The Hall–Kier alpha value is -2.42. The first-order valence-electron chi connectivity index (χ1n) is 8.58. The molecule has 9 heteroatoms. The van der Waals surface area contributed by atoms with Crippen LogP contribution in [0.1, 0.15) is 20.8 Å². The number of fused-ring (bicyclic) bond motifs is 3. The maximum absolute atomic E-state index is 14.9. The number of H-pyrrole nitrogens is 1. The summed E-state index contributed by atoms with van der Waals surface area (Å²) < 4.78 is 30.1. The molecule has 0 fully saturated rings. The second-order valence-electron chi connectivity index (χ2n) is 8.07. The molecule has 3 aromatic rings. The van der Waals surface area contributed by atoms with Crippen LogP contribution < -0.4 is 9.80 Å². The maximum atomic E-state index is 14.9. The monoisotopic (exact) mass is 454 g/mol. The van der Waals surface area contributed by atoms with E-state index < -0.39 is 23.1 Å². The molecule has 1 amide bonds. The third-order valence-corrected chi connectivity index (χ3v) is 4.88. The molecular formula is C19H21BrF2N4O2. The Morgan fingerprint density at radius 3 is 2.46 bits per heavy atom. The molecule has 0 spiro atoms. The predicted octanol–water partition coefficient (Wildman–Crippen LogP) is 5.35. The van der Waals surface area contributed by atoms with Gasteiger partial charge in [-0.3, -0.25) is 4.90 Å². The predicted molar refractivity (Wildman–Crippen MR) is 110 cm³/mol. The van der Waals surface area contributed by atoms with E-state index in [1.165, 1.54) is 0 Å². The summed E-state index contributed by atoms with van der Waals surface area (Å²) >= 11 is 3.40. The molecule has 0 atom stereocenters. The lowest BCUT2D eigenvalue weighted by atomic mass is 9.95. The summed E-state index contributed by atoms with van der Waals surface area (Å²) in [4.78, 5) is 22.0. The van der Waals surface area contributed by atoms with Crippen LogP contribution in [-0.2, 0) is 0 Å². The van der Waals surface area contributed by atoms with E-state index in [0.717, 1.165) is 11.0 Å². The van der Waals surface area contributed by atoms with E-state index >= 15 is 0 Å². The smallest absolute Gasteiger partial charge is 0.411 e. The molecule has 0 saturated heterocycles. The highest BCUT2D eigenvalue weighted by atomic mass is 79.9. The molecule has 2 N–H and O–H groups in total. The third kappa shape index (κ3) is 3.39. The van der Waals surface area contributed by atoms with Gasteiger partial charge in [-0.25, -0.2) is 18.6 Å². The summed E-state index contributed by atoms with van der Waals surface area (Å²) in [6.07, 6.45) is 0.313. The number of anilines is 2. The number of rotatable bonds is 3. The number of nitrogens with one attached hydrogen (secondary N) is 1. The van der Waals surface area contributed by atoms with E-state index in [0.29, 0.717) is 21.2 Å². The Bertz CT molecular complexity index is 1090. The highest BCUT2D eigenvalue weighted by Gasteiger charge is 2.28. The van der Waals surface area contributed by atoms with Gasteiger partial charge in [0.05, 0.1) is 32.1 Å². The molecule has 3 rings (SSSR count). The highest BCUT2D eigenvalue weighted by Crippen LogP contribution is 2.42. The lowest BCUT2D eigenvalue weighted by Crippen LogP contribution is -2.37. The van der Waals surface area contributed by atoms with Crippen molar-refractivity contribution in [1.29, 1.82) is 0 Å². The molecule has 0 aliphatic heterocycles. The van der Waals surface area contributed by atoms with Crippen molar-refractivity contribution in [3.8, 4) is 0 Å². The van der Waals surface area contributed by atoms with Crippen molar-refractivity contribution in [3.05, 3.63) is 28.4 Å². The van der Waals surface area contributed by atoms with E-state index in [1.54, 1.807) is 25.2 Å². The van der Waals surface area contributed by atoms with Gasteiger partial charge in [0.25, 0.3) is 0 Å². The van der Waals surface area contributed by atoms with Gasteiger partial charge in [0, 0.05) is 32.9 Å². The van der Waals surface area contributed by atoms with Crippen LogP contribution in [0, 0.1) is 17.0 Å². The maximum Gasteiger partial charge on any atom is 0.411 e. The van der Waals surface area contributed by atoms with Gasteiger partial charge < -0.3 is 15.0 Å². The molecule has 1 aromatic carbocycles. The number of nitrogens with zero attached hydrogens (tertiary/aromatic N) is 3. The van der Waals surface area contributed by atoms with E-state index in [-0.39, 0.29) is 23.1 Å².